The molecule has 0 bridgehead atoms. The van der Waals surface area contributed by atoms with Crippen LogP contribution >= 0.6 is 0 Å². The van der Waals surface area contributed by atoms with Gasteiger partial charge in [0.1, 0.15) is 0 Å². The topological polar surface area (TPSA) is 40.5 Å². The van der Waals surface area contributed by atoms with E-state index in [4.69, 9.17) is 0 Å². The molecule has 0 unspecified atom stereocenters. The molecule has 1 heterocycles. The van der Waals surface area contributed by atoms with Gasteiger partial charge in [-0.25, -0.2) is 0 Å². The van der Waals surface area contributed by atoms with Crippen molar-refractivity contribution in [3.63, 3.8) is 0 Å². The van der Waals surface area contributed by atoms with Crippen LogP contribution in [0, 0.1) is 0 Å². The van der Waals surface area contributed by atoms with Gasteiger partial charge in [0.25, 0.3) is 0 Å². The first kappa shape index (κ1) is 14.4. The van der Waals surface area contributed by atoms with Gasteiger partial charge in [-0.05, 0) is 49.8 Å². The van der Waals surface area contributed by atoms with E-state index in [0.29, 0.717) is 0 Å². The summed E-state index contributed by atoms with van der Waals surface area (Å²) in [6.07, 6.45) is 8.65. The van der Waals surface area contributed by atoms with Gasteiger partial charge in [0.05, 0.1) is 5.41 Å². The summed E-state index contributed by atoms with van der Waals surface area (Å²) in [4.78, 5) is 14.3. The molecule has 3 rings (SSSR count). The Labute approximate surface area is 127 Å². The third-order valence-electron chi connectivity index (χ3n) is 5.26. The van der Waals surface area contributed by atoms with Crippen molar-refractivity contribution in [2.75, 3.05) is 18.0 Å². The summed E-state index contributed by atoms with van der Waals surface area (Å²) in [5.41, 5.74) is 1.60. The van der Waals surface area contributed by atoms with Crippen LogP contribution < -0.4 is 4.90 Å². The summed E-state index contributed by atoms with van der Waals surface area (Å²) >= 11 is 0. The summed E-state index contributed by atoms with van der Waals surface area (Å²) in [5.74, 6) is -0.645. The zero-order chi connectivity index (χ0) is 14.7. The fourth-order valence-corrected chi connectivity index (χ4v) is 3.92. The molecule has 3 heteroatoms. The number of hydrogen-bond donors (Lipinski definition) is 1. The van der Waals surface area contributed by atoms with E-state index in [9.17, 15) is 9.90 Å². The summed E-state index contributed by atoms with van der Waals surface area (Å²) < 4.78 is 0. The number of carbonyl (C=O) groups is 1. The smallest absolute Gasteiger partial charge is 0.314 e. The van der Waals surface area contributed by atoms with E-state index in [1.165, 1.54) is 31.4 Å². The second kappa shape index (κ2) is 6.08. The van der Waals surface area contributed by atoms with E-state index in [-0.39, 0.29) is 0 Å². The minimum Gasteiger partial charge on any atom is -0.481 e. The highest BCUT2D eigenvalue weighted by molar-refractivity contribution is 5.81. The third kappa shape index (κ3) is 2.78. The minimum absolute atomic E-state index is 0.640. The maximum absolute atomic E-state index is 11.9. The molecular formula is C18H25NO2. The van der Waals surface area contributed by atoms with Crippen molar-refractivity contribution >= 4 is 11.7 Å². The molecule has 2 aliphatic rings. The fourth-order valence-electron chi connectivity index (χ4n) is 3.92. The van der Waals surface area contributed by atoms with Gasteiger partial charge >= 0.3 is 5.97 Å². The molecule has 0 spiro atoms. The van der Waals surface area contributed by atoms with Gasteiger partial charge in [0.2, 0.25) is 0 Å². The molecule has 0 radical (unpaired) electrons. The van der Waals surface area contributed by atoms with Gasteiger partial charge in [-0.3, -0.25) is 4.79 Å². The number of carboxylic acid groups (broad SMARTS) is 1. The van der Waals surface area contributed by atoms with Crippen molar-refractivity contribution in [3.05, 3.63) is 29.8 Å². The van der Waals surface area contributed by atoms with Gasteiger partial charge in [-0.2, -0.15) is 0 Å². The van der Waals surface area contributed by atoms with Gasteiger partial charge < -0.3 is 10.0 Å². The monoisotopic (exact) mass is 287 g/mol. The maximum Gasteiger partial charge on any atom is 0.314 e. The van der Waals surface area contributed by atoms with Crippen LogP contribution in [0.25, 0.3) is 0 Å². The molecule has 2 fully saturated rings. The highest BCUT2D eigenvalue weighted by Crippen LogP contribution is 2.40. The average Bonchev–Trinajstić information content (AvgIpc) is 2.56. The summed E-state index contributed by atoms with van der Waals surface area (Å²) in [5, 5.41) is 9.75. The van der Waals surface area contributed by atoms with E-state index >= 15 is 0 Å². The van der Waals surface area contributed by atoms with E-state index in [2.05, 4.69) is 29.2 Å². The summed E-state index contributed by atoms with van der Waals surface area (Å²) in [6, 6.07) is 8.37. The van der Waals surface area contributed by atoms with Crippen molar-refractivity contribution in [3.8, 4) is 0 Å². The first-order chi connectivity index (χ1) is 10.2. The lowest BCUT2D eigenvalue weighted by atomic mass is 9.69. The SMILES string of the molecule is O=C(O)C1(c2ccc(N3CCCCC3)cc2)CCCCC1. The van der Waals surface area contributed by atoms with Crippen molar-refractivity contribution < 1.29 is 9.90 Å². The Hall–Kier alpha value is -1.51. The summed E-state index contributed by atoms with van der Waals surface area (Å²) in [7, 11) is 0. The molecule has 1 saturated heterocycles. The lowest BCUT2D eigenvalue weighted by molar-refractivity contribution is -0.145. The lowest BCUT2D eigenvalue weighted by Gasteiger charge is -2.34. The lowest BCUT2D eigenvalue weighted by Crippen LogP contribution is -2.37. The standard InChI is InChI=1S/C18H25NO2/c20-17(21)18(11-3-1-4-12-18)15-7-9-16(10-8-15)19-13-5-2-6-14-19/h7-10H,1-6,11-14H2,(H,20,21). The second-order valence-electron chi connectivity index (χ2n) is 6.54. The molecule has 1 aromatic rings. The number of nitrogens with zero attached hydrogens (tertiary/aromatic N) is 1. The second-order valence-corrected chi connectivity index (χ2v) is 6.54. The molecule has 3 nitrogen and oxygen atoms in total. The van der Waals surface area contributed by atoms with Gasteiger partial charge in [-0.1, -0.05) is 31.4 Å². The van der Waals surface area contributed by atoms with Crippen molar-refractivity contribution in [1.29, 1.82) is 0 Å². The van der Waals surface area contributed by atoms with Crippen LogP contribution in [-0.4, -0.2) is 24.2 Å². The molecule has 1 aliphatic heterocycles. The van der Waals surface area contributed by atoms with E-state index in [1.807, 2.05) is 0 Å². The van der Waals surface area contributed by atoms with E-state index in [0.717, 1.165) is 44.3 Å². The molecule has 1 saturated carbocycles. The molecule has 0 aromatic heterocycles. The molecule has 114 valence electrons. The van der Waals surface area contributed by atoms with Crippen LogP contribution in [0.2, 0.25) is 0 Å². The Morgan fingerprint density at radius 3 is 2.05 bits per heavy atom. The van der Waals surface area contributed by atoms with Crippen LogP contribution in [0.3, 0.4) is 0 Å². The number of rotatable bonds is 3. The van der Waals surface area contributed by atoms with Crippen molar-refractivity contribution in [2.24, 2.45) is 0 Å². The molecule has 1 N–H and O–H groups in total. The molecule has 21 heavy (non-hydrogen) atoms. The molecular weight excluding hydrogens is 262 g/mol. The van der Waals surface area contributed by atoms with Crippen LogP contribution in [0.1, 0.15) is 56.9 Å². The van der Waals surface area contributed by atoms with Crippen LogP contribution in [0.4, 0.5) is 5.69 Å². The Bertz CT molecular complexity index is 482. The number of aliphatic carboxylic acids is 1. The molecule has 0 atom stereocenters. The normalized spacial score (nSPS) is 22.0. The Balaban J connectivity index is 1.83. The van der Waals surface area contributed by atoms with E-state index in [1.54, 1.807) is 0 Å². The first-order valence-electron chi connectivity index (χ1n) is 8.31. The maximum atomic E-state index is 11.9. The van der Waals surface area contributed by atoms with E-state index < -0.39 is 11.4 Å². The van der Waals surface area contributed by atoms with Gasteiger partial charge in [0, 0.05) is 18.8 Å². The number of benzene rings is 1. The largest absolute Gasteiger partial charge is 0.481 e. The Kier molecular flexibility index (Phi) is 4.18. The first-order valence-corrected chi connectivity index (χ1v) is 8.31. The zero-order valence-electron chi connectivity index (χ0n) is 12.7. The Morgan fingerprint density at radius 1 is 0.905 bits per heavy atom. The fraction of sp³-hybridized carbons (Fsp3) is 0.611. The Morgan fingerprint density at radius 2 is 1.48 bits per heavy atom. The quantitative estimate of drug-likeness (QED) is 0.914. The van der Waals surface area contributed by atoms with Crippen molar-refractivity contribution in [2.45, 2.75) is 56.8 Å². The molecule has 0 amide bonds. The highest BCUT2D eigenvalue weighted by atomic mass is 16.4. The highest BCUT2D eigenvalue weighted by Gasteiger charge is 2.41. The number of anilines is 1. The molecule has 1 aliphatic carbocycles. The van der Waals surface area contributed by atoms with Crippen LogP contribution in [0.15, 0.2) is 24.3 Å². The predicted octanol–water partition coefficient (Wildman–Crippen LogP) is 3.96. The zero-order valence-corrected chi connectivity index (χ0v) is 12.7. The minimum atomic E-state index is -0.645. The van der Waals surface area contributed by atoms with Crippen molar-refractivity contribution in [1.82, 2.24) is 0 Å². The summed E-state index contributed by atoms with van der Waals surface area (Å²) in [6.45, 7) is 2.26. The number of piperidine rings is 1. The van der Waals surface area contributed by atoms with Crippen LogP contribution in [0.5, 0.6) is 0 Å². The predicted molar refractivity (Wildman–Crippen MR) is 84.9 cm³/mol. The number of hydrogen-bond acceptors (Lipinski definition) is 2. The van der Waals surface area contributed by atoms with Gasteiger partial charge in [-0.15, -0.1) is 0 Å². The third-order valence-corrected chi connectivity index (χ3v) is 5.26. The number of carboxylic acids is 1. The van der Waals surface area contributed by atoms with Gasteiger partial charge in [0.15, 0.2) is 0 Å². The van der Waals surface area contributed by atoms with Crippen LogP contribution in [-0.2, 0) is 10.2 Å². The average molecular weight is 287 g/mol. The molecule has 1 aromatic carbocycles.